The van der Waals surface area contributed by atoms with Crippen molar-refractivity contribution in [2.45, 2.75) is 18.9 Å². The predicted octanol–water partition coefficient (Wildman–Crippen LogP) is -0.758. The molecule has 0 aliphatic rings. The van der Waals surface area contributed by atoms with E-state index in [0.29, 0.717) is 26.2 Å². The van der Waals surface area contributed by atoms with Gasteiger partial charge < -0.3 is 20.9 Å². The number of carbonyl (C=O) groups excluding carboxylic acids is 1. The average Bonchev–Trinajstić information content (AvgIpc) is 2.03. The highest BCUT2D eigenvalue weighted by Gasteiger charge is 2.24. The fourth-order valence-electron chi connectivity index (χ4n) is 0.652. The standard InChI is InChI=1S/C8H18N2O3/c1-8(10,7(9)11)3-4-13-6-5-12-2/h3-6,10H2,1-2H3,(H2,9,11). The van der Waals surface area contributed by atoms with Crippen LogP contribution in [0.4, 0.5) is 0 Å². The molecule has 1 atom stereocenters. The molecule has 0 fully saturated rings. The van der Waals surface area contributed by atoms with E-state index in [1.807, 2.05) is 0 Å². The van der Waals surface area contributed by atoms with Crippen molar-refractivity contribution in [1.29, 1.82) is 0 Å². The number of nitrogens with two attached hydrogens (primary N) is 2. The number of hydrogen-bond acceptors (Lipinski definition) is 4. The minimum atomic E-state index is -0.979. The van der Waals surface area contributed by atoms with Gasteiger partial charge in [0.1, 0.15) is 0 Å². The molecule has 0 heterocycles. The summed E-state index contributed by atoms with van der Waals surface area (Å²) in [5, 5.41) is 0. The topological polar surface area (TPSA) is 87.6 Å². The van der Waals surface area contributed by atoms with E-state index >= 15 is 0 Å². The van der Waals surface area contributed by atoms with Gasteiger partial charge in [0, 0.05) is 13.7 Å². The zero-order chi connectivity index (χ0) is 10.3. The number of methoxy groups -OCH3 is 1. The minimum Gasteiger partial charge on any atom is -0.382 e. The molecule has 0 aromatic carbocycles. The summed E-state index contributed by atoms with van der Waals surface area (Å²) in [6.45, 7) is 3.05. The Labute approximate surface area is 78.4 Å². The molecule has 4 N–H and O–H groups in total. The number of carbonyl (C=O) groups is 1. The van der Waals surface area contributed by atoms with Crippen LogP contribution in [-0.2, 0) is 14.3 Å². The Hall–Kier alpha value is -0.650. The van der Waals surface area contributed by atoms with E-state index in [1.54, 1.807) is 14.0 Å². The summed E-state index contributed by atoms with van der Waals surface area (Å²) in [6.07, 6.45) is 0.423. The molecule has 0 aromatic heterocycles. The van der Waals surface area contributed by atoms with Gasteiger partial charge in [-0.05, 0) is 13.3 Å². The Morgan fingerprint density at radius 3 is 2.46 bits per heavy atom. The van der Waals surface area contributed by atoms with Crippen molar-refractivity contribution in [3.8, 4) is 0 Å². The number of ether oxygens (including phenoxy) is 2. The molecule has 0 saturated carbocycles. The largest absolute Gasteiger partial charge is 0.382 e. The Balaban J connectivity index is 3.46. The molecule has 0 bridgehead atoms. The molecule has 0 aliphatic heterocycles. The normalized spacial score (nSPS) is 15.3. The van der Waals surface area contributed by atoms with Crippen LogP contribution in [-0.4, -0.2) is 38.4 Å². The van der Waals surface area contributed by atoms with Crippen LogP contribution in [0.1, 0.15) is 13.3 Å². The molecule has 0 spiro atoms. The summed E-state index contributed by atoms with van der Waals surface area (Å²) in [5.41, 5.74) is 9.68. The van der Waals surface area contributed by atoms with E-state index < -0.39 is 11.4 Å². The maximum Gasteiger partial charge on any atom is 0.237 e. The molecule has 5 nitrogen and oxygen atoms in total. The van der Waals surface area contributed by atoms with Crippen LogP contribution in [0.25, 0.3) is 0 Å². The van der Waals surface area contributed by atoms with Gasteiger partial charge in [0.25, 0.3) is 0 Å². The molecule has 78 valence electrons. The van der Waals surface area contributed by atoms with Crippen molar-refractivity contribution in [3.05, 3.63) is 0 Å². The quantitative estimate of drug-likeness (QED) is 0.517. The van der Waals surface area contributed by atoms with Crippen LogP contribution in [0.5, 0.6) is 0 Å². The van der Waals surface area contributed by atoms with E-state index in [0.717, 1.165) is 0 Å². The van der Waals surface area contributed by atoms with Crippen LogP contribution < -0.4 is 11.5 Å². The second-order valence-electron chi connectivity index (χ2n) is 3.14. The van der Waals surface area contributed by atoms with Gasteiger partial charge in [-0.2, -0.15) is 0 Å². The van der Waals surface area contributed by atoms with E-state index in [9.17, 15) is 4.79 Å². The van der Waals surface area contributed by atoms with Gasteiger partial charge >= 0.3 is 0 Å². The Morgan fingerprint density at radius 1 is 1.38 bits per heavy atom. The number of primary amides is 1. The first kappa shape index (κ1) is 12.3. The van der Waals surface area contributed by atoms with Gasteiger partial charge in [-0.25, -0.2) is 0 Å². The summed E-state index contributed by atoms with van der Waals surface area (Å²) < 4.78 is 9.92. The summed E-state index contributed by atoms with van der Waals surface area (Å²) in [5.74, 6) is -0.511. The molecule has 0 saturated heterocycles. The van der Waals surface area contributed by atoms with Gasteiger partial charge in [0.05, 0.1) is 18.8 Å². The molecular formula is C8H18N2O3. The minimum absolute atomic E-state index is 0.416. The number of rotatable bonds is 7. The maximum absolute atomic E-state index is 10.8. The second-order valence-corrected chi connectivity index (χ2v) is 3.14. The fraction of sp³-hybridized carbons (Fsp3) is 0.875. The Bertz CT molecular complexity index is 159. The highest BCUT2D eigenvalue weighted by atomic mass is 16.5. The van der Waals surface area contributed by atoms with Gasteiger partial charge in [-0.1, -0.05) is 0 Å². The molecule has 13 heavy (non-hydrogen) atoms. The molecule has 0 aromatic rings. The lowest BCUT2D eigenvalue weighted by atomic mass is 9.99. The molecule has 0 radical (unpaired) electrons. The third-order valence-corrected chi connectivity index (χ3v) is 1.76. The molecule has 5 heteroatoms. The van der Waals surface area contributed by atoms with Gasteiger partial charge in [0.2, 0.25) is 5.91 Å². The summed E-state index contributed by atoms with van der Waals surface area (Å²) in [7, 11) is 1.60. The second kappa shape index (κ2) is 5.90. The van der Waals surface area contributed by atoms with E-state index in [1.165, 1.54) is 0 Å². The zero-order valence-corrected chi connectivity index (χ0v) is 8.21. The highest BCUT2D eigenvalue weighted by molar-refractivity contribution is 5.83. The van der Waals surface area contributed by atoms with Crippen molar-refractivity contribution >= 4 is 5.91 Å². The molecule has 1 unspecified atom stereocenters. The summed E-state index contributed by atoms with van der Waals surface area (Å²) in [4.78, 5) is 10.8. The third-order valence-electron chi connectivity index (χ3n) is 1.76. The Kier molecular flexibility index (Phi) is 5.61. The van der Waals surface area contributed by atoms with E-state index in [-0.39, 0.29) is 0 Å². The first-order valence-corrected chi connectivity index (χ1v) is 4.16. The van der Waals surface area contributed by atoms with Crippen molar-refractivity contribution in [1.82, 2.24) is 0 Å². The van der Waals surface area contributed by atoms with Crippen LogP contribution >= 0.6 is 0 Å². The molecule has 0 aliphatic carbocycles. The first-order chi connectivity index (χ1) is 6.00. The summed E-state index contributed by atoms with van der Waals surface area (Å²) >= 11 is 0. The predicted molar refractivity (Wildman–Crippen MR) is 49.1 cm³/mol. The number of amides is 1. The lowest BCUT2D eigenvalue weighted by Crippen LogP contribution is -2.50. The third kappa shape index (κ3) is 5.57. The SMILES string of the molecule is COCCOCCC(C)(N)C(N)=O. The van der Waals surface area contributed by atoms with Crippen molar-refractivity contribution in [2.75, 3.05) is 26.9 Å². The average molecular weight is 190 g/mol. The van der Waals surface area contributed by atoms with Crippen LogP contribution in [0.15, 0.2) is 0 Å². The first-order valence-electron chi connectivity index (χ1n) is 4.16. The molecule has 0 rings (SSSR count). The van der Waals surface area contributed by atoms with Gasteiger partial charge in [-0.15, -0.1) is 0 Å². The van der Waals surface area contributed by atoms with Crippen molar-refractivity contribution < 1.29 is 14.3 Å². The highest BCUT2D eigenvalue weighted by Crippen LogP contribution is 2.03. The van der Waals surface area contributed by atoms with Crippen LogP contribution in [0, 0.1) is 0 Å². The van der Waals surface area contributed by atoms with Gasteiger partial charge in [-0.3, -0.25) is 4.79 Å². The van der Waals surface area contributed by atoms with Crippen LogP contribution in [0.3, 0.4) is 0 Å². The zero-order valence-electron chi connectivity index (χ0n) is 8.21. The lowest BCUT2D eigenvalue weighted by Gasteiger charge is -2.19. The fourth-order valence-corrected chi connectivity index (χ4v) is 0.652. The van der Waals surface area contributed by atoms with Crippen molar-refractivity contribution in [3.63, 3.8) is 0 Å². The Morgan fingerprint density at radius 2 is 2.00 bits per heavy atom. The molecular weight excluding hydrogens is 172 g/mol. The van der Waals surface area contributed by atoms with Gasteiger partial charge in [0.15, 0.2) is 0 Å². The number of hydrogen-bond donors (Lipinski definition) is 2. The smallest absolute Gasteiger partial charge is 0.237 e. The van der Waals surface area contributed by atoms with Crippen LogP contribution in [0.2, 0.25) is 0 Å². The monoisotopic (exact) mass is 190 g/mol. The summed E-state index contributed by atoms with van der Waals surface area (Å²) in [6, 6.07) is 0. The van der Waals surface area contributed by atoms with Crippen molar-refractivity contribution in [2.24, 2.45) is 11.5 Å². The molecule has 1 amide bonds. The van der Waals surface area contributed by atoms with E-state index in [2.05, 4.69) is 0 Å². The van der Waals surface area contributed by atoms with E-state index in [4.69, 9.17) is 20.9 Å². The lowest BCUT2D eigenvalue weighted by molar-refractivity contribution is -0.123. The maximum atomic E-state index is 10.8.